The number of nitrogens with zero attached hydrogens (tertiary/aromatic N) is 1. The predicted molar refractivity (Wildman–Crippen MR) is 154 cm³/mol. The second-order valence-electron chi connectivity index (χ2n) is 9.06. The number of halogens is 1. The van der Waals surface area contributed by atoms with Gasteiger partial charge in [-0.05, 0) is 80.3 Å². The molecule has 3 aromatic carbocycles. The molecule has 6 heteroatoms. The number of carboxylic acid groups (broad SMARTS) is 1. The Balaban J connectivity index is 1.65. The first-order valence-corrected chi connectivity index (χ1v) is 13.2. The molecule has 0 radical (unpaired) electrons. The normalized spacial score (nSPS) is 11.9. The van der Waals surface area contributed by atoms with Gasteiger partial charge in [0, 0.05) is 35.6 Å². The maximum absolute atomic E-state index is 11.9. The van der Waals surface area contributed by atoms with Crippen LogP contribution in [-0.2, 0) is 21.7 Å². The van der Waals surface area contributed by atoms with Gasteiger partial charge in [0.15, 0.2) is 5.79 Å². The fourth-order valence-corrected chi connectivity index (χ4v) is 4.91. The van der Waals surface area contributed by atoms with Gasteiger partial charge in [-0.3, -0.25) is 0 Å². The highest BCUT2D eigenvalue weighted by Gasteiger charge is 2.34. The number of aryl methyl sites for hydroxylation is 1. The van der Waals surface area contributed by atoms with E-state index in [0.29, 0.717) is 36.6 Å². The molecule has 0 spiro atoms. The van der Waals surface area contributed by atoms with Gasteiger partial charge in [-0.1, -0.05) is 60.1 Å². The Hall–Kier alpha value is -3.51. The molecule has 0 unspecified atom stereocenters. The van der Waals surface area contributed by atoms with Crippen LogP contribution < -0.4 is 0 Å². The van der Waals surface area contributed by atoms with Crippen LogP contribution in [0.4, 0.5) is 0 Å². The number of carboxylic acids is 1. The van der Waals surface area contributed by atoms with Crippen molar-refractivity contribution in [1.29, 1.82) is 0 Å². The molecule has 196 valence electrons. The number of pyridine rings is 1. The minimum Gasteiger partial charge on any atom is -0.478 e. The lowest BCUT2D eigenvalue weighted by Gasteiger charge is -2.34. The molecule has 38 heavy (non-hydrogen) atoms. The summed E-state index contributed by atoms with van der Waals surface area (Å²) in [5.41, 5.74) is 5.57. The van der Waals surface area contributed by atoms with Crippen LogP contribution in [0.3, 0.4) is 0 Å². The van der Waals surface area contributed by atoms with Gasteiger partial charge >= 0.3 is 5.97 Å². The van der Waals surface area contributed by atoms with Crippen molar-refractivity contribution in [3.05, 3.63) is 111 Å². The molecule has 0 aliphatic carbocycles. The first-order chi connectivity index (χ1) is 18.3. The van der Waals surface area contributed by atoms with Crippen LogP contribution in [0, 0.1) is 6.92 Å². The van der Waals surface area contributed by atoms with E-state index in [0.717, 1.165) is 38.9 Å². The molecule has 0 aliphatic rings. The SMILES string of the molecule is CCOC(CCc1c(C)cccc1C(=O)O)(OCC)c1cccc(C=Cc2ccc3ccc(Cl)cc3n2)c1. The lowest BCUT2D eigenvalue weighted by Crippen LogP contribution is -2.34. The first-order valence-electron chi connectivity index (χ1n) is 12.8. The zero-order valence-corrected chi connectivity index (χ0v) is 22.7. The summed E-state index contributed by atoms with van der Waals surface area (Å²) in [6.07, 6.45) is 4.95. The predicted octanol–water partition coefficient (Wildman–Crippen LogP) is 7.92. The molecule has 1 heterocycles. The minimum absolute atomic E-state index is 0.313. The topological polar surface area (TPSA) is 68.7 Å². The average Bonchev–Trinajstić information content (AvgIpc) is 2.91. The van der Waals surface area contributed by atoms with E-state index in [4.69, 9.17) is 26.1 Å². The van der Waals surface area contributed by atoms with Crippen molar-refractivity contribution in [2.24, 2.45) is 0 Å². The van der Waals surface area contributed by atoms with Gasteiger partial charge < -0.3 is 14.6 Å². The molecule has 0 bridgehead atoms. The molecule has 0 aliphatic heterocycles. The number of hydrogen-bond donors (Lipinski definition) is 1. The maximum Gasteiger partial charge on any atom is 0.335 e. The summed E-state index contributed by atoms with van der Waals surface area (Å²) < 4.78 is 12.6. The number of benzene rings is 3. The van der Waals surface area contributed by atoms with Gasteiger partial charge in [-0.2, -0.15) is 0 Å². The Bertz CT molecular complexity index is 1460. The number of hydrogen-bond acceptors (Lipinski definition) is 4. The van der Waals surface area contributed by atoms with Crippen molar-refractivity contribution in [2.75, 3.05) is 13.2 Å². The fraction of sp³-hybridized carbons (Fsp3) is 0.250. The second-order valence-corrected chi connectivity index (χ2v) is 9.49. The lowest BCUT2D eigenvalue weighted by molar-refractivity contribution is -0.246. The van der Waals surface area contributed by atoms with Crippen molar-refractivity contribution >= 4 is 40.6 Å². The monoisotopic (exact) mass is 529 g/mol. The van der Waals surface area contributed by atoms with Crippen LogP contribution in [0.15, 0.2) is 72.8 Å². The van der Waals surface area contributed by atoms with Crippen LogP contribution in [0.1, 0.15) is 58.6 Å². The summed E-state index contributed by atoms with van der Waals surface area (Å²) in [6, 6.07) is 23.1. The van der Waals surface area contributed by atoms with Gasteiger partial charge in [0.2, 0.25) is 0 Å². The van der Waals surface area contributed by atoms with Gasteiger partial charge in [-0.15, -0.1) is 0 Å². The Labute approximate surface area is 228 Å². The van der Waals surface area contributed by atoms with Gasteiger partial charge in [0.05, 0.1) is 16.8 Å². The number of fused-ring (bicyclic) bond motifs is 1. The summed E-state index contributed by atoms with van der Waals surface area (Å²) in [4.78, 5) is 16.6. The molecule has 4 aromatic rings. The van der Waals surface area contributed by atoms with Crippen LogP contribution in [0.25, 0.3) is 23.1 Å². The Morgan fingerprint density at radius 2 is 1.71 bits per heavy atom. The third kappa shape index (κ3) is 6.30. The largest absolute Gasteiger partial charge is 0.478 e. The molecule has 0 saturated heterocycles. The van der Waals surface area contributed by atoms with E-state index in [1.54, 1.807) is 12.1 Å². The highest BCUT2D eigenvalue weighted by atomic mass is 35.5. The molecular weight excluding hydrogens is 498 g/mol. The minimum atomic E-state index is -1.01. The molecule has 0 amide bonds. The van der Waals surface area contributed by atoms with Crippen molar-refractivity contribution < 1.29 is 19.4 Å². The van der Waals surface area contributed by atoms with Crippen molar-refractivity contribution in [1.82, 2.24) is 4.98 Å². The van der Waals surface area contributed by atoms with Crippen molar-refractivity contribution in [2.45, 2.75) is 39.4 Å². The van der Waals surface area contributed by atoms with E-state index >= 15 is 0 Å². The van der Waals surface area contributed by atoms with Crippen LogP contribution >= 0.6 is 11.6 Å². The zero-order chi connectivity index (χ0) is 27.1. The molecule has 0 saturated carbocycles. The molecule has 1 aromatic heterocycles. The van der Waals surface area contributed by atoms with Gasteiger partial charge in [-0.25, -0.2) is 9.78 Å². The van der Waals surface area contributed by atoms with Crippen LogP contribution in [-0.4, -0.2) is 29.3 Å². The molecule has 4 rings (SSSR count). The maximum atomic E-state index is 11.9. The van der Waals surface area contributed by atoms with E-state index in [1.807, 2.05) is 87.5 Å². The number of ether oxygens (including phenoxy) is 2. The summed E-state index contributed by atoms with van der Waals surface area (Å²) in [7, 11) is 0. The van der Waals surface area contributed by atoms with E-state index in [-0.39, 0.29) is 0 Å². The Kier molecular flexibility index (Phi) is 8.95. The fourth-order valence-electron chi connectivity index (χ4n) is 4.75. The number of rotatable bonds is 11. The third-order valence-electron chi connectivity index (χ3n) is 6.55. The lowest BCUT2D eigenvalue weighted by atomic mass is 9.92. The van der Waals surface area contributed by atoms with E-state index < -0.39 is 11.8 Å². The Morgan fingerprint density at radius 1 is 0.974 bits per heavy atom. The number of aromatic nitrogens is 1. The molecule has 0 fully saturated rings. The summed E-state index contributed by atoms with van der Waals surface area (Å²) in [5.74, 6) is -1.94. The van der Waals surface area contributed by atoms with Crippen LogP contribution in [0.2, 0.25) is 5.02 Å². The average molecular weight is 530 g/mol. The molecule has 0 atom stereocenters. The van der Waals surface area contributed by atoms with Crippen molar-refractivity contribution in [3.63, 3.8) is 0 Å². The van der Waals surface area contributed by atoms with Gasteiger partial charge in [0.1, 0.15) is 0 Å². The van der Waals surface area contributed by atoms with E-state index in [1.165, 1.54) is 0 Å². The summed E-state index contributed by atoms with van der Waals surface area (Å²) in [5, 5.41) is 11.4. The standard InChI is InChI=1S/C32H32ClNO4/c1-4-37-32(38-5-2,19-18-28-22(3)8-6-11-29(28)31(35)36)25-10-7-9-23(20-25)12-16-27-17-14-24-13-15-26(33)21-30(24)34-27/h6-17,20-21H,4-5,18-19H2,1-3H3,(H,35,36). The summed E-state index contributed by atoms with van der Waals surface area (Å²) >= 11 is 6.14. The van der Waals surface area contributed by atoms with Crippen molar-refractivity contribution in [3.8, 4) is 0 Å². The quantitative estimate of drug-likeness (QED) is 0.200. The highest BCUT2D eigenvalue weighted by molar-refractivity contribution is 6.31. The second kappa shape index (κ2) is 12.4. The summed E-state index contributed by atoms with van der Waals surface area (Å²) in [6.45, 7) is 6.70. The van der Waals surface area contributed by atoms with Crippen LogP contribution in [0.5, 0.6) is 0 Å². The van der Waals surface area contributed by atoms with Gasteiger partial charge in [0.25, 0.3) is 0 Å². The zero-order valence-electron chi connectivity index (χ0n) is 21.9. The Morgan fingerprint density at radius 3 is 2.45 bits per heavy atom. The molecule has 1 N–H and O–H groups in total. The smallest absolute Gasteiger partial charge is 0.335 e. The molecular formula is C32H32ClNO4. The van der Waals surface area contributed by atoms with E-state index in [2.05, 4.69) is 6.07 Å². The number of aromatic carboxylic acids is 1. The number of carbonyl (C=O) groups is 1. The first kappa shape index (κ1) is 27.5. The third-order valence-corrected chi connectivity index (χ3v) is 6.78. The molecule has 5 nitrogen and oxygen atoms in total. The van der Waals surface area contributed by atoms with E-state index in [9.17, 15) is 9.90 Å². The highest BCUT2D eigenvalue weighted by Crippen LogP contribution is 2.35.